The maximum absolute atomic E-state index is 6.15. The molecule has 0 heterocycles. The van der Waals surface area contributed by atoms with E-state index in [1.54, 1.807) is 11.1 Å². The van der Waals surface area contributed by atoms with Crippen LogP contribution >= 0.6 is 0 Å². The van der Waals surface area contributed by atoms with Crippen molar-refractivity contribution in [1.29, 1.82) is 0 Å². The predicted octanol–water partition coefficient (Wildman–Crippen LogP) is 3.09. The Hall–Kier alpha value is -0.820. The molecule has 1 nitrogen and oxygen atoms in total. The molecule has 0 saturated carbocycles. The average Bonchev–Trinajstić information content (AvgIpc) is 2.63. The summed E-state index contributed by atoms with van der Waals surface area (Å²) in [5, 5.41) is 0. The lowest BCUT2D eigenvalue weighted by Crippen LogP contribution is -2.24. The summed E-state index contributed by atoms with van der Waals surface area (Å²) in [6.07, 6.45) is 6.02. The standard InChI is InChI=1S/C15H23N/c1-11(2)8-15(16)10-12-6-7-13-4-3-5-14(13)9-12/h6-7,9,11,15H,3-5,8,10,16H2,1-2H3. The fourth-order valence-corrected chi connectivity index (χ4v) is 2.74. The van der Waals surface area contributed by atoms with Gasteiger partial charge in [0.2, 0.25) is 0 Å². The second kappa shape index (κ2) is 5.01. The van der Waals surface area contributed by atoms with Crippen LogP contribution in [0.1, 0.15) is 43.4 Å². The van der Waals surface area contributed by atoms with Crippen LogP contribution in [0.2, 0.25) is 0 Å². The van der Waals surface area contributed by atoms with Gasteiger partial charge in [-0.3, -0.25) is 0 Å². The summed E-state index contributed by atoms with van der Waals surface area (Å²) in [7, 11) is 0. The monoisotopic (exact) mass is 217 g/mol. The molecule has 1 aliphatic carbocycles. The molecule has 1 unspecified atom stereocenters. The van der Waals surface area contributed by atoms with Crippen LogP contribution in [0.15, 0.2) is 18.2 Å². The summed E-state index contributed by atoms with van der Waals surface area (Å²) >= 11 is 0. The zero-order valence-electron chi connectivity index (χ0n) is 10.5. The minimum Gasteiger partial charge on any atom is -0.327 e. The predicted molar refractivity (Wildman–Crippen MR) is 69.6 cm³/mol. The van der Waals surface area contributed by atoms with Crippen LogP contribution in [-0.2, 0) is 19.3 Å². The number of benzene rings is 1. The SMILES string of the molecule is CC(C)CC(N)Cc1ccc2c(c1)CCC2. The molecule has 0 amide bonds. The number of hydrogen-bond donors (Lipinski definition) is 1. The van der Waals surface area contributed by atoms with E-state index in [0.29, 0.717) is 12.0 Å². The van der Waals surface area contributed by atoms with Crippen molar-refractivity contribution < 1.29 is 0 Å². The van der Waals surface area contributed by atoms with Crippen LogP contribution in [0.3, 0.4) is 0 Å². The van der Waals surface area contributed by atoms with Crippen molar-refractivity contribution in [2.45, 2.75) is 52.0 Å². The van der Waals surface area contributed by atoms with E-state index in [4.69, 9.17) is 5.73 Å². The molecule has 88 valence electrons. The van der Waals surface area contributed by atoms with Crippen molar-refractivity contribution in [1.82, 2.24) is 0 Å². The van der Waals surface area contributed by atoms with Gasteiger partial charge in [0.1, 0.15) is 0 Å². The molecule has 2 rings (SSSR count). The van der Waals surface area contributed by atoms with Gasteiger partial charge in [-0.1, -0.05) is 32.0 Å². The van der Waals surface area contributed by atoms with Crippen molar-refractivity contribution in [3.63, 3.8) is 0 Å². The highest BCUT2D eigenvalue weighted by Crippen LogP contribution is 2.23. The third kappa shape index (κ3) is 2.85. The Labute approximate surface area is 99.0 Å². The zero-order valence-corrected chi connectivity index (χ0v) is 10.5. The molecule has 0 radical (unpaired) electrons. The molecule has 1 aromatic rings. The van der Waals surface area contributed by atoms with Crippen LogP contribution in [0.4, 0.5) is 0 Å². The van der Waals surface area contributed by atoms with Crippen molar-refractivity contribution >= 4 is 0 Å². The van der Waals surface area contributed by atoms with Crippen LogP contribution in [-0.4, -0.2) is 6.04 Å². The van der Waals surface area contributed by atoms with Crippen molar-refractivity contribution in [2.24, 2.45) is 11.7 Å². The molecule has 1 atom stereocenters. The van der Waals surface area contributed by atoms with Gasteiger partial charge < -0.3 is 5.73 Å². The number of hydrogen-bond acceptors (Lipinski definition) is 1. The summed E-state index contributed by atoms with van der Waals surface area (Å²) in [4.78, 5) is 0. The molecule has 0 aromatic heterocycles. The lowest BCUT2D eigenvalue weighted by Gasteiger charge is -2.14. The lowest BCUT2D eigenvalue weighted by atomic mass is 9.96. The van der Waals surface area contributed by atoms with Gasteiger partial charge in [-0.15, -0.1) is 0 Å². The first-order valence-electron chi connectivity index (χ1n) is 6.51. The summed E-state index contributed by atoms with van der Waals surface area (Å²) < 4.78 is 0. The van der Waals surface area contributed by atoms with Crippen LogP contribution in [0.5, 0.6) is 0 Å². The fourth-order valence-electron chi connectivity index (χ4n) is 2.74. The molecule has 16 heavy (non-hydrogen) atoms. The molecule has 1 aliphatic rings. The normalized spacial score (nSPS) is 16.5. The molecule has 0 aliphatic heterocycles. The minimum absolute atomic E-state index is 0.319. The first kappa shape index (κ1) is 11.7. The first-order valence-corrected chi connectivity index (χ1v) is 6.51. The molecule has 2 N–H and O–H groups in total. The van der Waals surface area contributed by atoms with Gasteiger partial charge in [-0.25, -0.2) is 0 Å². The summed E-state index contributed by atoms with van der Waals surface area (Å²) in [6.45, 7) is 4.48. The number of aryl methyl sites for hydroxylation is 2. The van der Waals surface area contributed by atoms with Gasteiger partial charge in [0.15, 0.2) is 0 Å². The van der Waals surface area contributed by atoms with E-state index >= 15 is 0 Å². The van der Waals surface area contributed by atoms with Crippen LogP contribution < -0.4 is 5.73 Å². The third-order valence-electron chi connectivity index (χ3n) is 3.43. The van der Waals surface area contributed by atoms with Crippen LogP contribution in [0, 0.1) is 5.92 Å². The highest BCUT2D eigenvalue weighted by molar-refractivity contribution is 5.35. The average molecular weight is 217 g/mol. The van der Waals surface area contributed by atoms with Gasteiger partial charge in [0.25, 0.3) is 0 Å². The van der Waals surface area contributed by atoms with Gasteiger partial charge >= 0.3 is 0 Å². The lowest BCUT2D eigenvalue weighted by molar-refractivity contribution is 0.493. The van der Waals surface area contributed by atoms with Crippen molar-refractivity contribution in [3.05, 3.63) is 34.9 Å². The molecule has 1 heteroatoms. The van der Waals surface area contributed by atoms with Gasteiger partial charge in [-0.2, -0.15) is 0 Å². The molecule has 1 aromatic carbocycles. The topological polar surface area (TPSA) is 26.0 Å². The van der Waals surface area contributed by atoms with Crippen molar-refractivity contribution in [2.75, 3.05) is 0 Å². The molecular formula is C15H23N. The number of rotatable bonds is 4. The van der Waals surface area contributed by atoms with Gasteiger partial charge in [0, 0.05) is 6.04 Å². The highest BCUT2D eigenvalue weighted by Gasteiger charge is 2.12. The largest absolute Gasteiger partial charge is 0.327 e. The summed E-state index contributed by atoms with van der Waals surface area (Å²) in [5.41, 5.74) is 10.7. The molecule has 0 saturated heterocycles. The second-order valence-electron chi connectivity index (χ2n) is 5.55. The van der Waals surface area contributed by atoms with E-state index in [-0.39, 0.29) is 0 Å². The number of nitrogens with two attached hydrogens (primary N) is 1. The smallest absolute Gasteiger partial charge is 0.00817 e. The molecule has 0 spiro atoms. The van der Waals surface area contributed by atoms with E-state index in [2.05, 4.69) is 32.0 Å². The summed E-state index contributed by atoms with van der Waals surface area (Å²) in [6, 6.07) is 7.27. The van der Waals surface area contributed by atoms with E-state index in [0.717, 1.165) is 12.8 Å². The molecule has 0 fully saturated rings. The Morgan fingerprint density at radius 2 is 1.94 bits per heavy atom. The Kier molecular flexibility index (Phi) is 3.65. The quantitative estimate of drug-likeness (QED) is 0.824. The Bertz CT molecular complexity index is 354. The Morgan fingerprint density at radius 3 is 2.69 bits per heavy atom. The Balaban J connectivity index is 1.99. The van der Waals surface area contributed by atoms with E-state index < -0.39 is 0 Å². The highest BCUT2D eigenvalue weighted by atomic mass is 14.6. The maximum Gasteiger partial charge on any atom is 0.00817 e. The van der Waals surface area contributed by atoms with E-state index in [1.165, 1.54) is 24.8 Å². The van der Waals surface area contributed by atoms with Crippen molar-refractivity contribution in [3.8, 4) is 0 Å². The van der Waals surface area contributed by atoms with E-state index in [9.17, 15) is 0 Å². The van der Waals surface area contributed by atoms with E-state index in [1.807, 2.05) is 0 Å². The Morgan fingerprint density at radius 1 is 1.19 bits per heavy atom. The van der Waals surface area contributed by atoms with Gasteiger partial charge in [-0.05, 0) is 54.7 Å². The first-order chi connectivity index (χ1) is 7.65. The minimum atomic E-state index is 0.319. The van der Waals surface area contributed by atoms with Gasteiger partial charge in [0.05, 0.1) is 0 Å². The molecular weight excluding hydrogens is 194 g/mol. The second-order valence-corrected chi connectivity index (χ2v) is 5.55. The zero-order chi connectivity index (χ0) is 11.5. The fraction of sp³-hybridized carbons (Fsp3) is 0.600. The maximum atomic E-state index is 6.15. The van der Waals surface area contributed by atoms with Crippen LogP contribution in [0.25, 0.3) is 0 Å². The summed E-state index contributed by atoms with van der Waals surface area (Å²) in [5.74, 6) is 0.699. The number of fused-ring (bicyclic) bond motifs is 1. The molecule has 0 bridgehead atoms. The third-order valence-corrected chi connectivity index (χ3v) is 3.43.